The van der Waals surface area contributed by atoms with Gasteiger partial charge in [0, 0.05) is 28.8 Å². The molecule has 0 spiro atoms. The summed E-state index contributed by atoms with van der Waals surface area (Å²) in [4.78, 5) is 0. The molecule has 0 bridgehead atoms. The molecule has 0 saturated heterocycles. The van der Waals surface area contributed by atoms with Crippen LogP contribution >= 0.6 is 11.6 Å². The van der Waals surface area contributed by atoms with Gasteiger partial charge in [0.1, 0.15) is 0 Å². The quantitative estimate of drug-likeness (QED) is 0.840. The number of H-pyrrole nitrogens is 1. The van der Waals surface area contributed by atoms with Crippen LogP contribution in [0.5, 0.6) is 0 Å². The van der Waals surface area contributed by atoms with E-state index in [4.69, 9.17) is 16.9 Å². The molecule has 1 aromatic carbocycles. The van der Waals surface area contributed by atoms with Crippen LogP contribution in [0.4, 0.5) is 0 Å². The SMILES string of the molecule is C=C(C#N)C[C@H](O)c1ccc(Cl)cc1-c1cn[nH]c1. The Kier molecular flexibility index (Phi) is 4.00. The van der Waals surface area contributed by atoms with Crippen LogP contribution in [0.15, 0.2) is 42.7 Å². The number of nitrogens with zero attached hydrogens (tertiary/aromatic N) is 2. The number of nitrogens with one attached hydrogen (secondary N) is 1. The smallest absolute Gasteiger partial charge is 0.0941 e. The molecule has 0 amide bonds. The summed E-state index contributed by atoms with van der Waals surface area (Å²) in [5.41, 5.74) is 2.65. The molecule has 2 aromatic rings. The van der Waals surface area contributed by atoms with Gasteiger partial charge >= 0.3 is 0 Å². The summed E-state index contributed by atoms with van der Waals surface area (Å²) in [5.74, 6) is 0. The minimum Gasteiger partial charge on any atom is -0.388 e. The lowest BCUT2D eigenvalue weighted by Crippen LogP contribution is -2.00. The minimum atomic E-state index is -0.797. The van der Waals surface area contributed by atoms with E-state index in [0.29, 0.717) is 16.2 Å². The molecule has 0 fully saturated rings. The predicted molar refractivity (Wildman–Crippen MR) is 73.4 cm³/mol. The van der Waals surface area contributed by atoms with Gasteiger partial charge in [0.05, 0.1) is 18.4 Å². The first-order chi connectivity index (χ1) is 9.11. The van der Waals surface area contributed by atoms with Gasteiger partial charge in [0.2, 0.25) is 0 Å². The Labute approximate surface area is 116 Å². The summed E-state index contributed by atoms with van der Waals surface area (Å²) in [6.45, 7) is 3.58. The van der Waals surface area contributed by atoms with Crippen molar-refractivity contribution in [3.8, 4) is 17.2 Å². The normalized spacial score (nSPS) is 11.8. The highest BCUT2D eigenvalue weighted by molar-refractivity contribution is 6.30. The Morgan fingerprint density at radius 1 is 1.58 bits per heavy atom. The fourth-order valence-electron chi connectivity index (χ4n) is 1.86. The van der Waals surface area contributed by atoms with E-state index in [2.05, 4.69) is 16.8 Å². The molecule has 0 radical (unpaired) electrons. The maximum atomic E-state index is 10.2. The van der Waals surface area contributed by atoms with Crippen LogP contribution in [0.2, 0.25) is 5.02 Å². The lowest BCUT2D eigenvalue weighted by molar-refractivity contribution is 0.180. The molecule has 0 unspecified atom stereocenters. The average molecular weight is 274 g/mol. The van der Waals surface area contributed by atoms with E-state index in [1.54, 1.807) is 30.6 Å². The number of rotatable bonds is 4. The van der Waals surface area contributed by atoms with Gasteiger partial charge in [-0.1, -0.05) is 24.2 Å². The Bertz CT molecular complexity index is 629. The van der Waals surface area contributed by atoms with E-state index >= 15 is 0 Å². The van der Waals surface area contributed by atoms with Gasteiger partial charge in [0.25, 0.3) is 0 Å². The summed E-state index contributed by atoms with van der Waals surface area (Å²) in [6, 6.07) is 7.15. The molecule has 0 aliphatic heterocycles. The predicted octanol–water partition coefficient (Wildman–Crippen LogP) is 3.23. The molecule has 1 aromatic heterocycles. The van der Waals surface area contributed by atoms with Crippen molar-refractivity contribution in [2.45, 2.75) is 12.5 Å². The Morgan fingerprint density at radius 2 is 2.37 bits per heavy atom. The zero-order valence-corrected chi connectivity index (χ0v) is 10.9. The summed E-state index contributed by atoms with van der Waals surface area (Å²) >= 11 is 5.99. The molecule has 1 heterocycles. The third-order valence-electron chi connectivity index (χ3n) is 2.78. The van der Waals surface area contributed by atoms with Crippen molar-refractivity contribution < 1.29 is 5.11 Å². The topological polar surface area (TPSA) is 72.7 Å². The number of hydrogen-bond acceptors (Lipinski definition) is 3. The van der Waals surface area contributed by atoms with Gasteiger partial charge in [-0.05, 0) is 23.3 Å². The van der Waals surface area contributed by atoms with Crippen molar-refractivity contribution in [3.63, 3.8) is 0 Å². The highest BCUT2D eigenvalue weighted by Gasteiger charge is 2.15. The molecular formula is C14H12ClN3O. The number of benzene rings is 1. The monoisotopic (exact) mass is 273 g/mol. The second-order valence-electron chi connectivity index (χ2n) is 4.15. The van der Waals surface area contributed by atoms with Gasteiger partial charge < -0.3 is 5.11 Å². The van der Waals surface area contributed by atoms with E-state index in [9.17, 15) is 5.11 Å². The number of aromatic amines is 1. The maximum Gasteiger partial charge on any atom is 0.0941 e. The third-order valence-corrected chi connectivity index (χ3v) is 3.02. The van der Waals surface area contributed by atoms with Crippen molar-refractivity contribution in [3.05, 3.63) is 53.3 Å². The molecule has 19 heavy (non-hydrogen) atoms. The molecule has 96 valence electrons. The zero-order valence-electron chi connectivity index (χ0n) is 10.1. The number of nitriles is 1. The molecule has 0 saturated carbocycles. The molecule has 2 N–H and O–H groups in total. The molecule has 5 heteroatoms. The van der Waals surface area contributed by atoms with Crippen LogP contribution in [0.1, 0.15) is 18.1 Å². The second kappa shape index (κ2) is 5.70. The fourth-order valence-corrected chi connectivity index (χ4v) is 2.03. The van der Waals surface area contributed by atoms with E-state index in [1.807, 2.05) is 6.07 Å². The third kappa shape index (κ3) is 3.02. The first-order valence-corrected chi connectivity index (χ1v) is 6.04. The highest BCUT2D eigenvalue weighted by atomic mass is 35.5. The van der Waals surface area contributed by atoms with Gasteiger partial charge in [0.15, 0.2) is 0 Å². The lowest BCUT2D eigenvalue weighted by Gasteiger charge is -2.14. The fraction of sp³-hybridized carbons (Fsp3) is 0.143. The first-order valence-electron chi connectivity index (χ1n) is 5.66. The van der Waals surface area contributed by atoms with Gasteiger partial charge in [-0.25, -0.2) is 0 Å². The van der Waals surface area contributed by atoms with Crippen LogP contribution in [-0.2, 0) is 0 Å². The summed E-state index contributed by atoms with van der Waals surface area (Å²) in [6.07, 6.45) is 2.78. The highest BCUT2D eigenvalue weighted by Crippen LogP contribution is 2.32. The van der Waals surface area contributed by atoms with E-state index in [0.717, 1.165) is 11.1 Å². The summed E-state index contributed by atoms with van der Waals surface area (Å²) in [7, 11) is 0. The largest absolute Gasteiger partial charge is 0.388 e. The van der Waals surface area contributed by atoms with Gasteiger partial charge in [-0.3, -0.25) is 5.10 Å². The van der Waals surface area contributed by atoms with E-state index in [-0.39, 0.29) is 6.42 Å². The van der Waals surface area contributed by atoms with Crippen molar-refractivity contribution in [1.29, 1.82) is 5.26 Å². The number of aliphatic hydroxyl groups is 1. The molecule has 1 atom stereocenters. The molecule has 0 aliphatic rings. The first kappa shape index (κ1) is 13.3. The number of hydrogen-bond donors (Lipinski definition) is 2. The Balaban J connectivity index is 2.41. The van der Waals surface area contributed by atoms with Gasteiger partial charge in [-0.2, -0.15) is 10.4 Å². The van der Waals surface area contributed by atoms with Crippen LogP contribution in [0.3, 0.4) is 0 Å². The average Bonchev–Trinajstić information content (AvgIpc) is 2.92. The molecule has 2 rings (SSSR count). The summed E-state index contributed by atoms with van der Waals surface area (Å²) in [5, 5.41) is 26.1. The van der Waals surface area contributed by atoms with Crippen LogP contribution in [-0.4, -0.2) is 15.3 Å². The maximum absolute atomic E-state index is 10.2. The van der Waals surface area contributed by atoms with Gasteiger partial charge in [-0.15, -0.1) is 0 Å². The number of aliphatic hydroxyl groups excluding tert-OH is 1. The van der Waals surface area contributed by atoms with E-state index < -0.39 is 6.10 Å². The Hall–Kier alpha value is -2.09. The molecular weight excluding hydrogens is 262 g/mol. The van der Waals surface area contributed by atoms with Crippen molar-refractivity contribution in [2.24, 2.45) is 0 Å². The zero-order chi connectivity index (χ0) is 13.8. The van der Waals surface area contributed by atoms with Crippen LogP contribution < -0.4 is 0 Å². The second-order valence-corrected chi connectivity index (χ2v) is 4.59. The van der Waals surface area contributed by atoms with Crippen molar-refractivity contribution >= 4 is 11.6 Å². The lowest BCUT2D eigenvalue weighted by atomic mass is 9.95. The minimum absolute atomic E-state index is 0.197. The van der Waals surface area contributed by atoms with Crippen LogP contribution in [0.25, 0.3) is 11.1 Å². The Morgan fingerprint density at radius 3 is 3.00 bits per heavy atom. The molecule has 0 aliphatic carbocycles. The van der Waals surface area contributed by atoms with Crippen molar-refractivity contribution in [1.82, 2.24) is 10.2 Å². The van der Waals surface area contributed by atoms with E-state index in [1.165, 1.54) is 0 Å². The van der Waals surface area contributed by atoms with Crippen LogP contribution in [0, 0.1) is 11.3 Å². The number of aromatic nitrogens is 2. The molecule has 4 nitrogen and oxygen atoms in total. The number of halogens is 1. The standard InChI is InChI=1S/C14H12ClN3O/c1-9(6-16)4-14(19)12-3-2-11(15)5-13(12)10-7-17-18-8-10/h2-3,5,7-8,14,19H,1,4H2,(H,17,18)/t14-/m0/s1. The van der Waals surface area contributed by atoms with Crippen molar-refractivity contribution in [2.75, 3.05) is 0 Å². The summed E-state index contributed by atoms with van der Waals surface area (Å²) < 4.78 is 0.